The molecule has 4 aliphatic rings. The van der Waals surface area contributed by atoms with Gasteiger partial charge in [0.25, 0.3) is 0 Å². The van der Waals surface area contributed by atoms with Gasteiger partial charge in [0.05, 0.1) is 23.3 Å². The van der Waals surface area contributed by atoms with E-state index in [9.17, 15) is 24.3 Å². The number of carbonyl (C=O) groups excluding carboxylic acids is 4. The van der Waals surface area contributed by atoms with Crippen LogP contribution in [0.1, 0.15) is 52.9 Å². The molecule has 12 heteroatoms. The molecule has 4 rings (SSSR count). The van der Waals surface area contributed by atoms with Gasteiger partial charge in [-0.2, -0.15) is 0 Å². The molecule has 1 saturated carbocycles. The number of carbonyl (C=O) groups is 4. The number of aliphatic hydroxyl groups excluding tert-OH is 1. The van der Waals surface area contributed by atoms with E-state index in [1.54, 1.807) is 6.92 Å². The van der Waals surface area contributed by atoms with Crippen LogP contribution in [0.5, 0.6) is 0 Å². The first-order valence-corrected chi connectivity index (χ1v) is 13.0. The number of nitrogens with one attached hydrogen (secondary N) is 1. The van der Waals surface area contributed by atoms with Crippen LogP contribution in [0.4, 0.5) is 9.59 Å². The lowest BCUT2D eigenvalue weighted by atomic mass is 9.79. The van der Waals surface area contributed by atoms with Gasteiger partial charge in [-0.15, -0.1) is 11.8 Å². The van der Waals surface area contributed by atoms with E-state index in [1.165, 1.54) is 23.6 Å². The predicted octanol–water partition coefficient (Wildman–Crippen LogP) is 2.27. The summed E-state index contributed by atoms with van der Waals surface area (Å²) in [7, 11) is 0. The van der Waals surface area contributed by atoms with Gasteiger partial charge in [0.2, 0.25) is 12.2 Å². The number of nitrogens with zero attached hydrogens (tertiary/aromatic N) is 1. The topological polar surface area (TPSA) is 141 Å². The summed E-state index contributed by atoms with van der Waals surface area (Å²) in [4.78, 5) is 51.5. The fourth-order valence-electron chi connectivity index (χ4n) is 5.11. The third-order valence-electron chi connectivity index (χ3n) is 6.82. The Morgan fingerprint density at radius 1 is 1.17 bits per heavy atom. The van der Waals surface area contributed by atoms with E-state index in [1.807, 2.05) is 6.92 Å². The number of rotatable bonds is 7. The first-order valence-electron chi connectivity index (χ1n) is 12.1. The summed E-state index contributed by atoms with van der Waals surface area (Å²) >= 11 is 1.33. The molecule has 3 fully saturated rings. The first kappa shape index (κ1) is 25.6. The maximum Gasteiger partial charge on any atom is 0.511 e. The van der Waals surface area contributed by atoms with Gasteiger partial charge in [-0.25, -0.2) is 14.4 Å². The Morgan fingerprint density at radius 2 is 1.89 bits per heavy atom. The van der Waals surface area contributed by atoms with Gasteiger partial charge >= 0.3 is 18.2 Å². The van der Waals surface area contributed by atoms with Crippen molar-refractivity contribution in [2.45, 2.75) is 82.7 Å². The van der Waals surface area contributed by atoms with Gasteiger partial charge in [-0.05, 0) is 32.6 Å². The average Bonchev–Trinajstić information content (AvgIpc) is 3.03. The Hall–Kier alpha value is -2.47. The minimum Gasteiger partial charge on any atom is -0.448 e. The molecular weight excluding hydrogens is 480 g/mol. The molecule has 0 bridgehead atoms. The van der Waals surface area contributed by atoms with Crippen LogP contribution in [0.25, 0.3) is 0 Å². The molecule has 2 saturated heterocycles. The molecule has 35 heavy (non-hydrogen) atoms. The number of cyclic esters (lactones) is 1. The molecule has 1 aliphatic carbocycles. The van der Waals surface area contributed by atoms with E-state index in [4.69, 9.17) is 18.9 Å². The van der Waals surface area contributed by atoms with Crippen LogP contribution in [-0.4, -0.2) is 77.1 Å². The summed E-state index contributed by atoms with van der Waals surface area (Å²) < 4.78 is 20.9. The normalized spacial score (nSPS) is 30.5. The number of thioether (sulfide) groups is 1. The standard InChI is InChI=1S/C23H32N2O9S/c1-11-17-16(12(2)26)20(27)25(17)18(19(11)35-15-9-24-22(29)31-10-15)21(28)32-13(3)33-23(30)34-14-7-5-4-6-8-14/h11-17,26H,4-10H2,1-3H3,(H,24,29)/t11-,12-,13?,15?,16-,17-/m1/s1. The van der Waals surface area contributed by atoms with Gasteiger partial charge in [0.1, 0.15) is 18.4 Å². The molecule has 11 nitrogen and oxygen atoms in total. The summed E-state index contributed by atoms with van der Waals surface area (Å²) in [5.74, 6) is -2.05. The Morgan fingerprint density at radius 3 is 2.51 bits per heavy atom. The minimum absolute atomic E-state index is 0.0717. The fourth-order valence-corrected chi connectivity index (χ4v) is 6.42. The van der Waals surface area contributed by atoms with E-state index in [0.29, 0.717) is 11.4 Å². The van der Waals surface area contributed by atoms with Gasteiger partial charge < -0.3 is 34.3 Å². The van der Waals surface area contributed by atoms with Crippen LogP contribution in [0, 0.1) is 11.8 Å². The zero-order valence-electron chi connectivity index (χ0n) is 20.1. The van der Waals surface area contributed by atoms with Crippen LogP contribution in [0.2, 0.25) is 0 Å². The lowest BCUT2D eigenvalue weighted by molar-refractivity contribution is -0.174. The fraction of sp³-hybridized carbons (Fsp3) is 0.739. The van der Waals surface area contributed by atoms with E-state index in [-0.39, 0.29) is 41.5 Å². The zero-order valence-corrected chi connectivity index (χ0v) is 20.9. The Balaban J connectivity index is 1.45. The van der Waals surface area contributed by atoms with Crippen molar-refractivity contribution in [3.63, 3.8) is 0 Å². The second-order valence-corrected chi connectivity index (χ2v) is 10.7. The van der Waals surface area contributed by atoms with Gasteiger partial charge in [0, 0.05) is 24.3 Å². The van der Waals surface area contributed by atoms with Crippen molar-refractivity contribution in [2.24, 2.45) is 11.8 Å². The van der Waals surface area contributed by atoms with Gasteiger partial charge in [-0.3, -0.25) is 4.79 Å². The summed E-state index contributed by atoms with van der Waals surface area (Å²) in [6.07, 6.45) is 0.948. The number of alkyl carbamates (subject to hydrolysis) is 1. The number of β-lactam (4-membered cyclic amide) rings is 1. The first-order chi connectivity index (χ1) is 16.7. The van der Waals surface area contributed by atoms with Crippen LogP contribution < -0.4 is 5.32 Å². The maximum atomic E-state index is 13.2. The quantitative estimate of drug-likeness (QED) is 0.226. The van der Waals surface area contributed by atoms with Gasteiger partial charge in [0.15, 0.2) is 0 Å². The second-order valence-electron chi connectivity index (χ2n) is 9.40. The van der Waals surface area contributed by atoms with Crippen molar-refractivity contribution in [3.8, 4) is 0 Å². The molecule has 6 atom stereocenters. The molecule has 2 N–H and O–H groups in total. The van der Waals surface area contributed by atoms with E-state index in [0.717, 1.165) is 32.1 Å². The third kappa shape index (κ3) is 5.37. The predicted molar refractivity (Wildman–Crippen MR) is 123 cm³/mol. The lowest BCUT2D eigenvalue weighted by Crippen LogP contribution is -2.63. The van der Waals surface area contributed by atoms with Crippen LogP contribution in [0.3, 0.4) is 0 Å². The molecule has 0 aromatic heterocycles. The van der Waals surface area contributed by atoms with Crippen molar-refractivity contribution in [1.29, 1.82) is 0 Å². The second kappa shape index (κ2) is 10.7. The summed E-state index contributed by atoms with van der Waals surface area (Å²) in [5, 5.41) is 12.6. The molecule has 0 radical (unpaired) electrons. The van der Waals surface area contributed by atoms with Crippen molar-refractivity contribution in [3.05, 3.63) is 10.6 Å². The van der Waals surface area contributed by atoms with Crippen LogP contribution in [0.15, 0.2) is 10.6 Å². The molecule has 0 aromatic rings. The molecule has 2 unspecified atom stereocenters. The number of esters is 1. The Labute approximate surface area is 207 Å². The van der Waals surface area contributed by atoms with E-state index < -0.39 is 36.5 Å². The molecule has 0 spiro atoms. The SMILES string of the molecule is CC(OC(=O)OC1CCCCC1)OC(=O)C1=C(SC2CNC(=O)OC2)[C@H](C)[C@@H]2[C@@H]([C@@H](C)O)C(=O)N12. The molecule has 0 aromatic carbocycles. The zero-order chi connectivity index (χ0) is 25.3. The highest BCUT2D eigenvalue weighted by Gasteiger charge is 2.60. The van der Waals surface area contributed by atoms with Gasteiger partial charge in [-0.1, -0.05) is 13.3 Å². The highest BCUT2D eigenvalue weighted by atomic mass is 32.2. The van der Waals surface area contributed by atoms with Crippen LogP contribution in [-0.2, 0) is 28.5 Å². The lowest BCUT2D eigenvalue weighted by Gasteiger charge is -2.46. The smallest absolute Gasteiger partial charge is 0.448 e. The highest BCUT2D eigenvalue weighted by Crippen LogP contribution is 2.51. The van der Waals surface area contributed by atoms with Crippen LogP contribution >= 0.6 is 11.8 Å². The molecule has 194 valence electrons. The average molecular weight is 513 g/mol. The molecule has 2 amide bonds. The number of fused-ring (bicyclic) bond motifs is 1. The number of ether oxygens (including phenoxy) is 4. The van der Waals surface area contributed by atoms with E-state index in [2.05, 4.69) is 5.32 Å². The highest BCUT2D eigenvalue weighted by molar-refractivity contribution is 8.03. The number of aliphatic hydroxyl groups is 1. The Bertz CT molecular complexity index is 891. The number of hydrogen-bond donors (Lipinski definition) is 2. The van der Waals surface area contributed by atoms with Crippen molar-refractivity contribution in [1.82, 2.24) is 10.2 Å². The number of amides is 2. The minimum atomic E-state index is -1.23. The maximum absolute atomic E-state index is 13.2. The Kier molecular flexibility index (Phi) is 7.80. The molecule has 3 heterocycles. The largest absolute Gasteiger partial charge is 0.511 e. The van der Waals surface area contributed by atoms with E-state index >= 15 is 0 Å². The summed E-state index contributed by atoms with van der Waals surface area (Å²) in [6.45, 7) is 5.33. The molecular formula is C23H32N2O9S. The van der Waals surface area contributed by atoms with Crippen molar-refractivity contribution in [2.75, 3.05) is 13.2 Å². The van der Waals surface area contributed by atoms with Crippen molar-refractivity contribution < 1.29 is 43.2 Å². The third-order valence-corrected chi connectivity index (χ3v) is 8.28. The number of hydrogen-bond acceptors (Lipinski definition) is 10. The van der Waals surface area contributed by atoms with Crippen molar-refractivity contribution >= 4 is 35.9 Å². The molecule has 3 aliphatic heterocycles. The summed E-state index contributed by atoms with van der Waals surface area (Å²) in [5.41, 5.74) is 0.0717. The summed E-state index contributed by atoms with van der Waals surface area (Å²) in [6, 6.07) is -0.390. The monoisotopic (exact) mass is 512 g/mol.